The van der Waals surface area contributed by atoms with Crippen LogP contribution in [-0.2, 0) is 4.74 Å². The molecule has 3 aromatic rings. The summed E-state index contributed by atoms with van der Waals surface area (Å²) in [6.45, 7) is 0.920. The average molecular weight is 376 g/mol. The van der Waals surface area contributed by atoms with Crippen LogP contribution in [0.4, 0.5) is 8.78 Å². The van der Waals surface area contributed by atoms with Gasteiger partial charge in [0.2, 0.25) is 0 Å². The number of fused-ring (bicyclic) bond motifs is 1. The largest absolute Gasteiger partial charge is 0.467 e. The summed E-state index contributed by atoms with van der Waals surface area (Å²) in [6, 6.07) is 6.28. The van der Waals surface area contributed by atoms with Gasteiger partial charge < -0.3 is 24.1 Å². The SMILES string of the molecule is O=C(c1cc2c(F)ccc(F)c2[nH]1)N1CCOCC1CC(O)c1ccco1. The maximum Gasteiger partial charge on any atom is 0.270 e. The number of carbonyl (C=O) groups excluding carboxylic acids is 1. The first-order valence-electron chi connectivity index (χ1n) is 8.61. The smallest absolute Gasteiger partial charge is 0.270 e. The number of ether oxygens (including phenoxy) is 1. The lowest BCUT2D eigenvalue weighted by molar-refractivity contribution is -0.0197. The summed E-state index contributed by atoms with van der Waals surface area (Å²) in [5.41, 5.74) is 0.0483. The van der Waals surface area contributed by atoms with Crippen LogP contribution >= 0.6 is 0 Å². The molecule has 1 aromatic carbocycles. The van der Waals surface area contributed by atoms with Gasteiger partial charge in [-0.3, -0.25) is 4.79 Å². The van der Waals surface area contributed by atoms with Crippen molar-refractivity contribution in [1.82, 2.24) is 9.88 Å². The highest BCUT2D eigenvalue weighted by molar-refractivity contribution is 5.98. The van der Waals surface area contributed by atoms with E-state index in [1.165, 1.54) is 12.3 Å². The third-order valence-electron chi connectivity index (χ3n) is 4.78. The number of furan rings is 1. The van der Waals surface area contributed by atoms with Crippen LogP contribution in [0, 0.1) is 11.6 Å². The Balaban J connectivity index is 1.59. The van der Waals surface area contributed by atoms with Gasteiger partial charge in [0.05, 0.1) is 31.0 Å². The summed E-state index contributed by atoms with van der Waals surface area (Å²) >= 11 is 0. The molecule has 1 aliphatic rings. The van der Waals surface area contributed by atoms with Crippen LogP contribution in [0.5, 0.6) is 0 Å². The number of H-pyrrole nitrogens is 1. The molecule has 142 valence electrons. The number of hydrogen-bond acceptors (Lipinski definition) is 4. The summed E-state index contributed by atoms with van der Waals surface area (Å²) in [5, 5.41) is 10.4. The lowest BCUT2D eigenvalue weighted by Gasteiger charge is -2.36. The summed E-state index contributed by atoms with van der Waals surface area (Å²) in [4.78, 5) is 17.2. The van der Waals surface area contributed by atoms with Crippen molar-refractivity contribution >= 4 is 16.8 Å². The van der Waals surface area contributed by atoms with Crippen molar-refractivity contribution in [3.8, 4) is 0 Å². The van der Waals surface area contributed by atoms with Crippen LogP contribution in [0.2, 0.25) is 0 Å². The molecule has 1 saturated heterocycles. The number of aliphatic hydroxyl groups excluding tert-OH is 1. The minimum absolute atomic E-state index is 0.0266. The molecule has 6 nitrogen and oxygen atoms in total. The maximum absolute atomic E-state index is 13.9. The fourth-order valence-corrected chi connectivity index (χ4v) is 3.39. The average Bonchev–Trinajstić information content (AvgIpc) is 3.35. The molecule has 0 spiro atoms. The molecular weight excluding hydrogens is 358 g/mol. The number of hydrogen-bond donors (Lipinski definition) is 2. The van der Waals surface area contributed by atoms with Gasteiger partial charge in [-0.2, -0.15) is 0 Å². The third-order valence-corrected chi connectivity index (χ3v) is 4.78. The van der Waals surface area contributed by atoms with Crippen molar-refractivity contribution in [2.45, 2.75) is 18.6 Å². The minimum Gasteiger partial charge on any atom is -0.467 e. The Morgan fingerprint density at radius 3 is 2.89 bits per heavy atom. The number of benzene rings is 1. The van der Waals surface area contributed by atoms with Crippen LogP contribution in [0.3, 0.4) is 0 Å². The van der Waals surface area contributed by atoms with Gasteiger partial charge in [0, 0.05) is 18.4 Å². The molecule has 4 rings (SSSR count). The van der Waals surface area contributed by atoms with Gasteiger partial charge in [-0.1, -0.05) is 0 Å². The van der Waals surface area contributed by atoms with E-state index < -0.39 is 29.7 Å². The number of aliphatic hydroxyl groups is 1. The summed E-state index contributed by atoms with van der Waals surface area (Å²) < 4.78 is 38.5. The lowest BCUT2D eigenvalue weighted by Crippen LogP contribution is -2.49. The second-order valence-corrected chi connectivity index (χ2v) is 6.50. The number of aromatic amines is 1. The van der Waals surface area contributed by atoms with Gasteiger partial charge in [0.1, 0.15) is 29.2 Å². The van der Waals surface area contributed by atoms with Gasteiger partial charge in [-0.05, 0) is 30.3 Å². The van der Waals surface area contributed by atoms with Gasteiger partial charge in [0.15, 0.2) is 0 Å². The predicted octanol–water partition coefficient (Wildman–Crippen LogP) is 3.00. The zero-order chi connectivity index (χ0) is 19.0. The van der Waals surface area contributed by atoms with Crippen LogP contribution in [0.1, 0.15) is 28.8 Å². The lowest BCUT2D eigenvalue weighted by atomic mass is 10.0. The van der Waals surface area contributed by atoms with Crippen LogP contribution in [-0.4, -0.2) is 46.7 Å². The first kappa shape index (κ1) is 17.7. The summed E-state index contributed by atoms with van der Waals surface area (Å²) in [7, 11) is 0. The molecule has 1 amide bonds. The number of rotatable bonds is 4. The highest BCUT2D eigenvalue weighted by atomic mass is 19.1. The van der Waals surface area contributed by atoms with Crippen molar-refractivity contribution in [2.75, 3.05) is 19.8 Å². The molecule has 0 aliphatic carbocycles. The standard InChI is InChI=1S/C19H18F2N2O4/c20-13-3-4-14(21)18-12(13)9-15(22-18)19(25)23-5-7-26-10-11(23)8-16(24)17-2-1-6-27-17/h1-4,6,9,11,16,22,24H,5,7-8,10H2. The van der Waals surface area contributed by atoms with E-state index in [-0.39, 0.29) is 29.6 Å². The Morgan fingerprint density at radius 1 is 1.33 bits per heavy atom. The summed E-state index contributed by atoms with van der Waals surface area (Å²) in [5.74, 6) is -1.22. The molecule has 2 atom stereocenters. The normalized spacial score (nSPS) is 18.8. The van der Waals surface area contributed by atoms with Gasteiger partial charge in [0.25, 0.3) is 5.91 Å². The number of nitrogens with zero attached hydrogens (tertiary/aromatic N) is 1. The highest BCUT2D eigenvalue weighted by Gasteiger charge is 2.31. The highest BCUT2D eigenvalue weighted by Crippen LogP contribution is 2.26. The zero-order valence-corrected chi connectivity index (χ0v) is 14.3. The third kappa shape index (κ3) is 3.33. The molecule has 0 saturated carbocycles. The first-order valence-corrected chi connectivity index (χ1v) is 8.61. The van der Waals surface area contributed by atoms with Crippen molar-refractivity contribution in [2.24, 2.45) is 0 Å². The monoisotopic (exact) mass is 376 g/mol. The minimum atomic E-state index is -0.889. The fraction of sp³-hybridized carbons (Fsp3) is 0.316. The Hall–Kier alpha value is -2.71. The molecule has 1 fully saturated rings. The molecule has 8 heteroatoms. The summed E-state index contributed by atoms with van der Waals surface area (Å²) in [6.07, 6.45) is 0.800. The molecule has 0 bridgehead atoms. The second kappa shape index (κ2) is 7.13. The van der Waals surface area contributed by atoms with E-state index in [0.717, 1.165) is 12.1 Å². The van der Waals surface area contributed by atoms with Crippen molar-refractivity contribution in [3.63, 3.8) is 0 Å². The molecule has 2 unspecified atom stereocenters. The Bertz CT molecular complexity index is 915. The Labute approximate surface area is 153 Å². The predicted molar refractivity (Wildman–Crippen MR) is 92.1 cm³/mol. The number of morpholine rings is 1. The fourth-order valence-electron chi connectivity index (χ4n) is 3.39. The van der Waals surface area contributed by atoms with Crippen molar-refractivity contribution < 1.29 is 27.8 Å². The van der Waals surface area contributed by atoms with E-state index in [9.17, 15) is 18.7 Å². The molecule has 2 N–H and O–H groups in total. The molecule has 27 heavy (non-hydrogen) atoms. The van der Waals surface area contributed by atoms with Gasteiger partial charge >= 0.3 is 0 Å². The van der Waals surface area contributed by atoms with E-state index >= 15 is 0 Å². The Kier molecular flexibility index (Phi) is 4.67. The van der Waals surface area contributed by atoms with Crippen LogP contribution in [0.15, 0.2) is 41.0 Å². The van der Waals surface area contributed by atoms with E-state index in [1.807, 2.05) is 0 Å². The number of nitrogens with one attached hydrogen (secondary N) is 1. The molecule has 3 heterocycles. The Morgan fingerprint density at radius 2 is 2.15 bits per heavy atom. The molecular formula is C19H18F2N2O4. The molecule has 1 aliphatic heterocycles. The zero-order valence-electron chi connectivity index (χ0n) is 14.3. The van der Waals surface area contributed by atoms with Crippen molar-refractivity contribution in [1.29, 1.82) is 0 Å². The first-order chi connectivity index (χ1) is 13.0. The van der Waals surface area contributed by atoms with Gasteiger partial charge in [-0.25, -0.2) is 8.78 Å². The molecule has 2 aromatic heterocycles. The van der Waals surface area contributed by atoms with Gasteiger partial charge in [-0.15, -0.1) is 0 Å². The number of halogens is 2. The maximum atomic E-state index is 13.9. The van der Waals surface area contributed by atoms with Crippen LogP contribution in [0.25, 0.3) is 10.9 Å². The number of amides is 1. The van der Waals surface area contributed by atoms with Crippen LogP contribution < -0.4 is 0 Å². The van der Waals surface area contributed by atoms with Crippen molar-refractivity contribution in [3.05, 3.63) is 59.7 Å². The number of carbonyl (C=O) groups is 1. The van der Waals surface area contributed by atoms with E-state index in [0.29, 0.717) is 18.9 Å². The number of aromatic nitrogens is 1. The second-order valence-electron chi connectivity index (χ2n) is 6.50. The van der Waals surface area contributed by atoms with E-state index in [2.05, 4.69) is 4.98 Å². The topological polar surface area (TPSA) is 78.7 Å². The quantitative estimate of drug-likeness (QED) is 0.734. The van der Waals surface area contributed by atoms with E-state index in [1.54, 1.807) is 17.0 Å². The molecule has 0 radical (unpaired) electrons. The van der Waals surface area contributed by atoms with E-state index in [4.69, 9.17) is 9.15 Å².